The molecule has 1 atom stereocenters. The van der Waals surface area contributed by atoms with Gasteiger partial charge in [0.2, 0.25) is 0 Å². The molecule has 0 amide bonds. The number of hydrogen-bond donors (Lipinski definition) is 0. The third kappa shape index (κ3) is 4.80. The molecule has 1 aromatic rings. The van der Waals surface area contributed by atoms with Gasteiger partial charge in [-0.1, -0.05) is 12.1 Å². The molecule has 1 rings (SSSR count). The minimum atomic E-state index is -5.78. The lowest BCUT2D eigenvalue weighted by molar-refractivity contribution is -0.0500. The van der Waals surface area contributed by atoms with Crippen LogP contribution in [0.4, 0.5) is 13.2 Å². The summed E-state index contributed by atoms with van der Waals surface area (Å²) < 4.78 is 77.9. The Bertz CT molecular complexity index is 691. The molecule has 0 bridgehead atoms. The summed E-state index contributed by atoms with van der Waals surface area (Å²) in [6.45, 7) is 4.99. The Morgan fingerprint density at radius 3 is 2.23 bits per heavy atom. The number of hydrogen-bond acceptors (Lipinski definition) is 4. The summed E-state index contributed by atoms with van der Waals surface area (Å²) in [4.78, 5) is 0. The molecule has 0 saturated carbocycles. The molecule has 10 heteroatoms. The highest BCUT2D eigenvalue weighted by Gasteiger charge is 2.48. The molecular weight excluding hydrogens is 343 g/mol. The van der Waals surface area contributed by atoms with Gasteiger partial charge in [0.15, 0.2) is 5.75 Å². The average Bonchev–Trinajstić information content (AvgIpc) is 2.34. The molecule has 0 N–H and O–H groups in total. The Balaban J connectivity index is 3.12. The fraction of sp³-hybridized carbons (Fsp3) is 0.417. The van der Waals surface area contributed by atoms with Gasteiger partial charge in [0, 0.05) is 11.8 Å². The number of alkyl halides is 3. The second kappa shape index (κ2) is 6.37. The zero-order valence-electron chi connectivity index (χ0n) is 11.9. The van der Waals surface area contributed by atoms with Gasteiger partial charge >= 0.3 is 15.6 Å². The molecule has 0 aliphatic heterocycles. The summed E-state index contributed by atoms with van der Waals surface area (Å²) in [6.07, 6.45) is 1.02. The maximum absolute atomic E-state index is 12.3. The van der Waals surface area contributed by atoms with Crippen molar-refractivity contribution in [3.63, 3.8) is 0 Å². The molecule has 5 nitrogen and oxygen atoms in total. The molecule has 0 aromatic heterocycles. The third-order valence-corrected chi connectivity index (χ3v) is 4.52. The minimum absolute atomic E-state index is 0.0343. The van der Waals surface area contributed by atoms with Crippen molar-refractivity contribution in [1.29, 1.82) is 0 Å². The molecule has 0 aliphatic carbocycles. The molecule has 0 unspecified atom stereocenters. The maximum atomic E-state index is 12.3. The zero-order valence-corrected chi connectivity index (χ0v) is 13.6. The van der Waals surface area contributed by atoms with Crippen LogP contribution in [0.3, 0.4) is 0 Å². The highest BCUT2D eigenvalue weighted by atomic mass is 32.2. The van der Waals surface area contributed by atoms with Crippen molar-refractivity contribution in [3.8, 4) is 5.75 Å². The van der Waals surface area contributed by atoms with Gasteiger partial charge in [0.1, 0.15) is 11.0 Å². The molecule has 0 aliphatic rings. The Morgan fingerprint density at radius 1 is 1.18 bits per heavy atom. The molecule has 22 heavy (non-hydrogen) atoms. The topological polar surface area (TPSA) is 72.8 Å². The number of halogens is 3. The first-order valence-corrected chi connectivity index (χ1v) is 8.42. The Labute approximate surface area is 128 Å². The van der Waals surface area contributed by atoms with E-state index in [1.54, 1.807) is 20.8 Å². The second-order valence-electron chi connectivity index (χ2n) is 5.12. The van der Waals surface area contributed by atoms with Crippen LogP contribution in [0.5, 0.6) is 5.75 Å². The first-order valence-electron chi connectivity index (χ1n) is 5.90. The van der Waals surface area contributed by atoms with Crippen molar-refractivity contribution in [1.82, 2.24) is 0 Å². The second-order valence-corrected chi connectivity index (χ2v) is 8.59. The van der Waals surface area contributed by atoms with E-state index in [0.29, 0.717) is 0 Å². The zero-order chi connectivity index (χ0) is 17.2. The Kier molecular flexibility index (Phi) is 5.39. The van der Waals surface area contributed by atoms with Crippen molar-refractivity contribution >= 4 is 27.3 Å². The normalized spacial score (nSPS) is 15.0. The first-order chi connectivity index (χ1) is 9.84. The van der Waals surface area contributed by atoms with Crippen molar-refractivity contribution in [2.75, 3.05) is 0 Å². The predicted molar refractivity (Wildman–Crippen MR) is 77.5 cm³/mol. The lowest BCUT2D eigenvalue weighted by Gasteiger charge is -2.13. The largest absolute Gasteiger partial charge is 0.534 e. The maximum Gasteiger partial charge on any atom is 0.534 e. The summed E-state index contributed by atoms with van der Waals surface area (Å²) in [7, 11) is -7.42. The molecule has 0 spiro atoms. The molecule has 0 radical (unpaired) electrons. The van der Waals surface area contributed by atoms with E-state index in [4.69, 9.17) is 0 Å². The number of benzene rings is 1. The molecule has 0 saturated heterocycles. The number of nitrogens with zero attached hydrogens (tertiary/aromatic N) is 1. The van der Waals surface area contributed by atoms with E-state index in [9.17, 15) is 25.8 Å². The number of rotatable bonds is 4. The van der Waals surface area contributed by atoms with Gasteiger partial charge in [0.05, 0.1) is 4.75 Å². The monoisotopic (exact) mass is 357 g/mol. The van der Waals surface area contributed by atoms with E-state index in [2.05, 4.69) is 8.58 Å². The van der Waals surface area contributed by atoms with Gasteiger partial charge in [-0.2, -0.15) is 26.0 Å². The van der Waals surface area contributed by atoms with E-state index in [-0.39, 0.29) is 5.56 Å². The highest BCUT2D eigenvalue weighted by Crippen LogP contribution is 2.28. The lowest BCUT2D eigenvalue weighted by atomic mass is 10.2. The van der Waals surface area contributed by atoms with Crippen LogP contribution in [0.2, 0.25) is 0 Å². The van der Waals surface area contributed by atoms with E-state index in [0.717, 1.165) is 12.3 Å². The van der Waals surface area contributed by atoms with Gasteiger partial charge in [-0.05, 0) is 32.9 Å². The lowest BCUT2D eigenvalue weighted by Crippen LogP contribution is -2.28. The van der Waals surface area contributed by atoms with Crippen LogP contribution >= 0.6 is 0 Å². The van der Waals surface area contributed by atoms with Crippen molar-refractivity contribution in [3.05, 3.63) is 29.8 Å². The van der Waals surface area contributed by atoms with Gasteiger partial charge in [-0.3, -0.25) is 0 Å². The molecule has 0 fully saturated rings. The Hall–Kier alpha value is -1.42. The van der Waals surface area contributed by atoms with Crippen LogP contribution in [0.15, 0.2) is 28.7 Å². The summed E-state index contributed by atoms with van der Waals surface area (Å²) in [6, 6.07) is 5.10. The van der Waals surface area contributed by atoms with Gasteiger partial charge in [0.25, 0.3) is 0 Å². The fourth-order valence-electron chi connectivity index (χ4n) is 1.09. The van der Waals surface area contributed by atoms with Crippen molar-refractivity contribution in [2.24, 2.45) is 4.40 Å². The summed E-state index contributed by atoms with van der Waals surface area (Å²) >= 11 is 0. The smallest absolute Gasteiger partial charge is 0.375 e. The van der Waals surface area contributed by atoms with E-state index in [1.807, 2.05) is 0 Å². The van der Waals surface area contributed by atoms with Crippen LogP contribution in [0.25, 0.3) is 0 Å². The van der Waals surface area contributed by atoms with E-state index < -0.39 is 37.1 Å². The van der Waals surface area contributed by atoms with Gasteiger partial charge in [-0.15, -0.1) is 0 Å². The van der Waals surface area contributed by atoms with Crippen LogP contribution < -0.4 is 4.18 Å². The fourth-order valence-corrected chi connectivity index (χ4v) is 2.10. The SMILES string of the molecule is CC(C)(C)[S@](=O)/N=C/c1ccccc1OS(=O)(=O)C(F)(F)F. The van der Waals surface area contributed by atoms with Crippen molar-refractivity contribution < 1.29 is 30.0 Å². The quantitative estimate of drug-likeness (QED) is 0.472. The first kappa shape index (κ1) is 18.6. The summed E-state index contributed by atoms with van der Waals surface area (Å²) in [5, 5.41) is 0. The van der Waals surface area contributed by atoms with Gasteiger partial charge < -0.3 is 4.18 Å². The summed E-state index contributed by atoms with van der Waals surface area (Å²) in [5.41, 5.74) is -5.57. The Morgan fingerprint density at radius 2 is 1.73 bits per heavy atom. The van der Waals surface area contributed by atoms with E-state index in [1.165, 1.54) is 18.2 Å². The van der Waals surface area contributed by atoms with Crippen LogP contribution in [-0.2, 0) is 21.1 Å². The molecule has 0 heterocycles. The third-order valence-electron chi connectivity index (χ3n) is 2.21. The predicted octanol–water partition coefficient (Wildman–Crippen LogP) is 2.80. The molecule has 124 valence electrons. The standard InChI is InChI=1S/C12H14F3NO4S2/c1-11(2,3)21(17)16-8-9-6-4-5-7-10(9)20-22(18,19)12(13,14)15/h4-8H,1-3H3/b16-8+/t21-/m0/s1. The van der Waals surface area contributed by atoms with Crippen LogP contribution in [0, 0.1) is 0 Å². The number of para-hydroxylation sites is 1. The highest BCUT2D eigenvalue weighted by molar-refractivity contribution is 7.88. The molecular formula is C12H14F3NO4S2. The van der Waals surface area contributed by atoms with Crippen LogP contribution in [0.1, 0.15) is 26.3 Å². The van der Waals surface area contributed by atoms with E-state index >= 15 is 0 Å². The average molecular weight is 357 g/mol. The minimum Gasteiger partial charge on any atom is -0.375 e. The van der Waals surface area contributed by atoms with Crippen molar-refractivity contribution in [2.45, 2.75) is 31.0 Å². The molecule has 1 aromatic carbocycles. The van der Waals surface area contributed by atoms with Gasteiger partial charge in [-0.25, -0.2) is 4.21 Å². The summed E-state index contributed by atoms with van der Waals surface area (Å²) in [5.74, 6) is -0.547. The van der Waals surface area contributed by atoms with Crippen LogP contribution in [-0.4, -0.2) is 29.1 Å².